The Morgan fingerprint density at radius 1 is 1.73 bits per heavy atom. The van der Waals surface area contributed by atoms with E-state index in [9.17, 15) is 14.7 Å². The van der Waals surface area contributed by atoms with E-state index in [0.29, 0.717) is 19.3 Å². The third-order valence-corrected chi connectivity index (χ3v) is 2.72. The lowest BCUT2D eigenvalue weighted by Gasteiger charge is -2.22. The monoisotopic (exact) mass is 214 g/mol. The van der Waals surface area contributed by atoms with E-state index < -0.39 is 11.6 Å². The molecule has 1 unspecified atom stereocenters. The highest BCUT2D eigenvalue weighted by molar-refractivity contribution is 5.90. The van der Waals surface area contributed by atoms with Crippen molar-refractivity contribution in [2.24, 2.45) is 0 Å². The van der Waals surface area contributed by atoms with Crippen LogP contribution in [0.25, 0.3) is 0 Å². The maximum absolute atomic E-state index is 11.5. The number of aliphatic hydroxyl groups is 1. The molecule has 1 fully saturated rings. The number of hydrogen-bond donors (Lipinski definition) is 3. The molecule has 0 aromatic rings. The smallest absolute Gasteiger partial charge is 0.242 e. The van der Waals surface area contributed by atoms with Crippen LogP contribution in [0.15, 0.2) is 0 Å². The summed E-state index contributed by atoms with van der Waals surface area (Å²) in [5.41, 5.74) is -0.877. The molecule has 15 heavy (non-hydrogen) atoms. The van der Waals surface area contributed by atoms with Gasteiger partial charge in [-0.2, -0.15) is 0 Å². The van der Waals surface area contributed by atoms with E-state index in [0.717, 1.165) is 0 Å². The van der Waals surface area contributed by atoms with Crippen LogP contribution in [-0.2, 0) is 9.59 Å². The average Bonchev–Trinajstić information content (AvgIpc) is 2.61. The molecule has 0 spiro atoms. The molecular weight excluding hydrogens is 196 g/mol. The number of rotatable bonds is 4. The van der Waals surface area contributed by atoms with Crippen LogP contribution in [0.1, 0.15) is 33.1 Å². The van der Waals surface area contributed by atoms with Gasteiger partial charge in [0, 0.05) is 13.0 Å². The third-order valence-electron chi connectivity index (χ3n) is 2.72. The Balaban J connectivity index is 2.33. The Kier molecular flexibility index (Phi) is 3.68. The predicted molar refractivity (Wildman–Crippen MR) is 55.1 cm³/mol. The number of hydrogen-bond acceptors (Lipinski definition) is 3. The maximum Gasteiger partial charge on any atom is 0.242 e. The van der Waals surface area contributed by atoms with Gasteiger partial charge in [-0.05, 0) is 19.8 Å². The molecule has 0 bridgehead atoms. The first-order valence-corrected chi connectivity index (χ1v) is 5.24. The zero-order valence-electron chi connectivity index (χ0n) is 9.17. The highest BCUT2D eigenvalue weighted by Gasteiger charge is 2.28. The van der Waals surface area contributed by atoms with Gasteiger partial charge in [-0.15, -0.1) is 0 Å². The molecule has 0 saturated carbocycles. The molecule has 0 radical (unpaired) electrons. The predicted octanol–water partition coefficient (Wildman–Crippen LogP) is -0.458. The second kappa shape index (κ2) is 4.61. The van der Waals surface area contributed by atoms with E-state index >= 15 is 0 Å². The second-order valence-electron chi connectivity index (χ2n) is 4.23. The average molecular weight is 214 g/mol. The lowest BCUT2D eigenvalue weighted by atomic mass is 10.0. The fourth-order valence-corrected chi connectivity index (χ4v) is 1.34. The first-order valence-electron chi connectivity index (χ1n) is 5.24. The van der Waals surface area contributed by atoms with Crippen molar-refractivity contribution in [1.29, 1.82) is 0 Å². The van der Waals surface area contributed by atoms with Crippen LogP contribution in [0, 0.1) is 0 Å². The minimum absolute atomic E-state index is 0.0857. The minimum Gasteiger partial charge on any atom is -0.388 e. The molecule has 3 N–H and O–H groups in total. The van der Waals surface area contributed by atoms with Gasteiger partial charge in [-0.3, -0.25) is 9.59 Å². The van der Waals surface area contributed by atoms with Crippen LogP contribution in [0.5, 0.6) is 0 Å². The minimum atomic E-state index is -0.877. The molecule has 0 aliphatic carbocycles. The van der Waals surface area contributed by atoms with Crippen molar-refractivity contribution in [3.05, 3.63) is 0 Å². The number of amides is 2. The fourth-order valence-electron chi connectivity index (χ4n) is 1.34. The SMILES string of the molecule is CCC(C)(O)CNC(=O)[C@@H]1CCC(=O)N1. The lowest BCUT2D eigenvalue weighted by molar-refractivity contribution is -0.126. The highest BCUT2D eigenvalue weighted by Crippen LogP contribution is 2.09. The molecule has 86 valence electrons. The Bertz CT molecular complexity index is 263. The normalized spacial score (nSPS) is 24.5. The molecule has 5 nitrogen and oxygen atoms in total. The molecule has 1 aliphatic rings. The standard InChI is InChI=1S/C10H18N2O3/c1-3-10(2,15)6-11-9(14)7-4-5-8(13)12-7/h7,15H,3-6H2,1-2H3,(H,11,14)(H,12,13)/t7-,10?/m0/s1. The topological polar surface area (TPSA) is 78.4 Å². The summed E-state index contributed by atoms with van der Waals surface area (Å²) in [6.45, 7) is 3.73. The summed E-state index contributed by atoms with van der Waals surface area (Å²) in [5, 5.41) is 14.9. The lowest BCUT2D eigenvalue weighted by Crippen LogP contribution is -2.47. The summed E-state index contributed by atoms with van der Waals surface area (Å²) in [7, 11) is 0. The van der Waals surface area contributed by atoms with Gasteiger partial charge in [0.25, 0.3) is 0 Å². The van der Waals surface area contributed by atoms with Crippen molar-refractivity contribution >= 4 is 11.8 Å². The van der Waals surface area contributed by atoms with Crippen molar-refractivity contribution in [1.82, 2.24) is 10.6 Å². The van der Waals surface area contributed by atoms with Crippen LogP contribution in [0.4, 0.5) is 0 Å². The summed E-state index contributed by atoms with van der Waals surface area (Å²) in [6, 6.07) is -0.426. The van der Waals surface area contributed by atoms with Crippen LogP contribution in [-0.4, -0.2) is 35.1 Å². The first kappa shape index (κ1) is 12.0. The van der Waals surface area contributed by atoms with Crippen molar-refractivity contribution < 1.29 is 14.7 Å². The van der Waals surface area contributed by atoms with E-state index in [1.807, 2.05) is 6.92 Å². The number of carbonyl (C=O) groups is 2. The van der Waals surface area contributed by atoms with Gasteiger partial charge in [0.15, 0.2) is 0 Å². The molecule has 1 rings (SSSR count). The Morgan fingerprint density at radius 3 is 2.87 bits per heavy atom. The van der Waals surface area contributed by atoms with Crippen LogP contribution in [0.3, 0.4) is 0 Å². The molecule has 5 heteroatoms. The number of nitrogens with one attached hydrogen (secondary N) is 2. The van der Waals surface area contributed by atoms with Crippen molar-refractivity contribution in [2.45, 2.75) is 44.8 Å². The zero-order valence-corrected chi connectivity index (χ0v) is 9.17. The van der Waals surface area contributed by atoms with Gasteiger partial charge >= 0.3 is 0 Å². The Morgan fingerprint density at radius 2 is 2.40 bits per heavy atom. The number of carbonyl (C=O) groups excluding carboxylic acids is 2. The summed E-state index contributed by atoms with van der Waals surface area (Å²) in [6.07, 6.45) is 1.52. The van der Waals surface area contributed by atoms with E-state index in [2.05, 4.69) is 10.6 Å². The van der Waals surface area contributed by atoms with Crippen LogP contribution >= 0.6 is 0 Å². The highest BCUT2D eigenvalue weighted by atomic mass is 16.3. The molecule has 0 aromatic heterocycles. The van der Waals surface area contributed by atoms with E-state index in [1.165, 1.54) is 0 Å². The summed E-state index contributed by atoms with van der Waals surface area (Å²) < 4.78 is 0. The van der Waals surface area contributed by atoms with E-state index in [1.54, 1.807) is 6.92 Å². The van der Waals surface area contributed by atoms with Crippen molar-refractivity contribution in [3.63, 3.8) is 0 Å². The largest absolute Gasteiger partial charge is 0.388 e. The van der Waals surface area contributed by atoms with Gasteiger partial charge in [0.2, 0.25) is 11.8 Å². The van der Waals surface area contributed by atoms with E-state index in [-0.39, 0.29) is 18.4 Å². The van der Waals surface area contributed by atoms with Gasteiger partial charge in [0.05, 0.1) is 5.60 Å². The fraction of sp³-hybridized carbons (Fsp3) is 0.800. The molecule has 1 saturated heterocycles. The maximum atomic E-state index is 11.5. The molecular formula is C10H18N2O3. The molecule has 0 aromatic carbocycles. The van der Waals surface area contributed by atoms with Crippen LogP contribution < -0.4 is 10.6 Å². The first-order chi connectivity index (χ1) is 6.94. The summed E-state index contributed by atoms with van der Waals surface area (Å²) in [5.74, 6) is -0.299. The molecule has 2 atom stereocenters. The summed E-state index contributed by atoms with van der Waals surface area (Å²) in [4.78, 5) is 22.4. The van der Waals surface area contributed by atoms with Gasteiger partial charge in [0.1, 0.15) is 6.04 Å². The van der Waals surface area contributed by atoms with Crippen LogP contribution in [0.2, 0.25) is 0 Å². The Hall–Kier alpha value is -1.10. The molecule has 1 heterocycles. The van der Waals surface area contributed by atoms with Crippen molar-refractivity contribution in [2.75, 3.05) is 6.54 Å². The third kappa shape index (κ3) is 3.51. The quantitative estimate of drug-likeness (QED) is 0.592. The molecule has 1 aliphatic heterocycles. The zero-order chi connectivity index (χ0) is 11.5. The van der Waals surface area contributed by atoms with Gasteiger partial charge in [-0.1, -0.05) is 6.92 Å². The van der Waals surface area contributed by atoms with Gasteiger partial charge < -0.3 is 15.7 Å². The Labute approximate surface area is 89.2 Å². The van der Waals surface area contributed by atoms with E-state index in [4.69, 9.17) is 0 Å². The molecule has 2 amide bonds. The van der Waals surface area contributed by atoms with Crippen molar-refractivity contribution in [3.8, 4) is 0 Å². The second-order valence-corrected chi connectivity index (χ2v) is 4.23. The summed E-state index contributed by atoms with van der Waals surface area (Å²) >= 11 is 0. The van der Waals surface area contributed by atoms with Gasteiger partial charge in [-0.25, -0.2) is 0 Å².